The first-order chi connectivity index (χ1) is 12.5. The summed E-state index contributed by atoms with van der Waals surface area (Å²) in [6.07, 6.45) is -4.87. The van der Waals surface area contributed by atoms with Crippen LogP contribution >= 0.6 is 22.9 Å². The molecule has 1 heterocycles. The number of hydrogen-bond donors (Lipinski definition) is 1. The Labute approximate surface area is 162 Å². The molecule has 148 valence electrons. The van der Waals surface area contributed by atoms with Crippen molar-refractivity contribution >= 4 is 38.9 Å². The fraction of sp³-hybridized carbons (Fsp3) is 0.267. The summed E-state index contributed by atoms with van der Waals surface area (Å²) in [5.41, 5.74) is 0. The van der Waals surface area contributed by atoms with Crippen molar-refractivity contribution in [3.05, 3.63) is 45.6 Å². The molecule has 0 aliphatic rings. The number of carbonyl (C=O) groups is 1. The number of halogens is 4. The average molecular weight is 443 g/mol. The highest BCUT2D eigenvalue weighted by Gasteiger charge is 2.31. The normalized spacial score (nSPS) is 12.0. The molecule has 1 aromatic heterocycles. The minimum Gasteiger partial charge on any atom is -0.406 e. The topological polar surface area (TPSA) is 75.7 Å². The molecule has 1 aromatic carbocycles. The van der Waals surface area contributed by atoms with Crippen LogP contribution in [0.3, 0.4) is 0 Å². The summed E-state index contributed by atoms with van der Waals surface area (Å²) in [5.74, 6) is -1.04. The van der Waals surface area contributed by atoms with E-state index in [0.717, 1.165) is 29.1 Å². The maximum absolute atomic E-state index is 12.2. The molecule has 2 rings (SSSR count). The third-order valence-corrected chi connectivity index (χ3v) is 5.86. The molecule has 1 amide bonds. The van der Waals surface area contributed by atoms with E-state index >= 15 is 0 Å². The number of likely N-dealkylation sites (N-methyl/N-ethyl adjacent to an activating group) is 1. The highest BCUT2D eigenvalue weighted by atomic mass is 35.5. The molecule has 0 saturated carbocycles. The summed E-state index contributed by atoms with van der Waals surface area (Å²) >= 11 is 7.11. The van der Waals surface area contributed by atoms with Crippen LogP contribution in [0.5, 0.6) is 5.75 Å². The number of alkyl halides is 3. The number of hydrogen-bond acceptors (Lipinski definition) is 5. The predicted molar refractivity (Wildman–Crippen MR) is 94.1 cm³/mol. The quantitative estimate of drug-likeness (QED) is 0.714. The van der Waals surface area contributed by atoms with Crippen molar-refractivity contribution in [2.24, 2.45) is 0 Å². The number of amides is 1. The Bertz CT molecular complexity index is 899. The molecule has 27 heavy (non-hydrogen) atoms. The highest BCUT2D eigenvalue weighted by molar-refractivity contribution is 7.89. The van der Waals surface area contributed by atoms with E-state index in [2.05, 4.69) is 9.46 Å². The van der Waals surface area contributed by atoms with Crippen LogP contribution in [0.4, 0.5) is 13.2 Å². The Balaban J connectivity index is 1.94. The van der Waals surface area contributed by atoms with E-state index in [-0.39, 0.29) is 11.4 Å². The zero-order chi connectivity index (χ0) is 20.2. The standard InChI is InChI=1S/C15H14ClF3N2O4S2/c1-21(9-11-4-7-13(16)26-11)14(22)8-20-27(23,24)12-5-2-10(3-6-12)25-15(17,18)19/h2-7,20H,8-9H2,1H3. The molecule has 0 atom stereocenters. The van der Waals surface area contributed by atoms with E-state index in [9.17, 15) is 26.4 Å². The first-order valence-electron chi connectivity index (χ1n) is 7.30. The van der Waals surface area contributed by atoms with E-state index in [1.807, 2.05) is 0 Å². The first-order valence-corrected chi connectivity index (χ1v) is 9.98. The van der Waals surface area contributed by atoms with Gasteiger partial charge in [-0.1, -0.05) is 11.6 Å². The van der Waals surface area contributed by atoms with Crippen LogP contribution in [0.1, 0.15) is 4.88 Å². The maximum atomic E-state index is 12.2. The van der Waals surface area contributed by atoms with Crippen LogP contribution in [-0.2, 0) is 21.4 Å². The van der Waals surface area contributed by atoms with Gasteiger partial charge in [-0.25, -0.2) is 13.1 Å². The number of ether oxygens (including phenoxy) is 1. The van der Waals surface area contributed by atoms with Crippen LogP contribution < -0.4 is 9.46 Å². The zero-order valence-corrected chi connectivity index (χ0v) is 16.2. The minimum atomic E-state index is -4.87. The van der Waals surface area contributed by atoms with Gasteiger partial charge in [-0.2, -0.15) is 0 Å². The van der Waals surface area contributed by atoms with Gasteiger partial charge in [0.15, 0.2) is 0 Å². The summed E-state index contributed by atoms with van der Waals surface area (Å²) in [4.78, 5) is 13.9. The van der Waals surface area contributed by atoms with Crippen LogP contribution in [0.25, 0.3) is 0 Å². The lowest BCUT2D eigenvalue weighted by Crippen LogP contribution is -2.37. The highest BCUT2D eigenvalue weighted by Crippen LogP contribution is 2.24. The summed E-state index contributed by atoms with van der Waals surface area (Å²) in [6.45, 7) is -0.236. The number of sulfonamides is 1. The summed E-state index contributed by atoms with van der Waals surface area (Å²) in [5, 5.41) is 0. The van der Waals surface area contributed by atoms with Crippen LogP contribution in [0.15, 0.2) is 41.3 Å². The molecular formula is C15H14ClF3N2O4S2. The molecule has 0 aliphatic carbocycles. The molecule has 0 radical (unpaired) electrons. The number of nitrogens with one attached hydrogen (secondary N) is 1. The third kappa shape index (κ3) is 6.69. The van der Waals surface area contributed by atoms with Gasteiger partial charge in [-0.05, 0) is 36.4 Å². The lowest BCUT2D eigenvalue weighted by molar-refractivity contribution is -0.274. The van der Waals surface area contributed by atoms with Gasteiger partial charge in [0.05, 0.1) is 22.3 Å². The summed E-state index contributed by atoms with van der Waals surface area (Å²) < 4.78 is 67.0. The van der Waals surface area contributed by atoms with E-state index < -0.39 is 34.6 Å². The first kappa shape index (κ1) is 21.5. The molecule has 0 bridgehead atoms. The number of rotatable bonds is 7. The molecule has 0 unspecified atom stereocenters. The Morgan fingerprint density at radius 2 is 1.85 bits per heavy atom. The molecular weight excluding hydrogens is 429 g/mol. The molecule has 6 nitrogen and oxygen atoms in total. The van der Waals surface area contributed by atoms with Crippen molar-refractivity contribution in [2.45, 2.75) is 17.8 Å². The SMILES string of the molecule is CN(Cc1ccc(Cl)s1)C(=O)CNS(=O)(=O)c1ccc(OC(F)(F)F)cc1. The fourth-order valence-corrected chi connectivity index (χ4v) is 4.07. The molecule has 0 aliphatic heterocycles. The number of benzene rings is 1. The van der Waals surface area contributed by atoms with Crippen molar-refractivity contribution in [1.29, 1.82) is 0 Å². The summed E-state index contributed by atoms with van der Waals surface area (Å²) in [6, 6.07) is 7.09. The summed E-state index contributed by atoms with van der Waals surface area (Å²) in [7, 11) is -2.56. The van der Waals surface area contributed by atoms with E-state index in [0.29, 0.717) is 4.34 Å². The Kier molecular flexibility index (Phi) is 6.73. The van der Waals surface area contributed by atoms with Gasteiger partial charge in [0.1, 0.15) is 5.75 Å². The second-order valence-corrected chi connectivity index (χ2v) is 8.87. The monoisotopic (exact) mass is 442 g/mol. The van der Waals surface area contributed by atoms with Gasteiger partial charge >= 0.3 is 6.36 Å². The predicted octanol–water partition coefficient (Wildman–Crippen LogP) is 3.24. The van der Waals surface area contributed by atoms with Crippen LogP contribution in [0, 0.1) is 0 Å². The Hall–Kier alpha value is -1.82. The van der Waals surface area contributed by atoms with Gasteiger partial charge < -0.3 is 9.64 Å². The van der Waals surface area contributed by atoms with Gasteiger partial charge in [0.25, 0.3) is 0 Å². The van der Waals surface area contributed by atoms with Crippen molar-refractivity contribution < 1.29 is 31.1 Å². The molecule has 0 fully saturated rings. The number of nitrogens with zero attached hydrogens (tertiary/aromatic N) is 1. The number of thiophene rings is 1. The van der Waals surface area contributed by atoms with Crippen molar-refractivity contribution in [3.63, 3.8) is 0 Å². The van der Waals surface area contributed by atoms with E-state index in [1.165, 1.54) is 23.3 Å². The van der Waals surface area contributed by atoms with Crippen LogP contribution in [0.2, 0.25) is 4.34 Å². The maximum Gasteiger partial charge on any atom is 0.573 e. The largest absolute Gasteiger partial charge is 0.573 e. The van der Waals surface area contributed by atoms with Gasteiger partial charge in [0.2, 0.25) is 15.9 Å². The van der Waals surface area contributed by atoms with E-state index in [4.69, 9.17) is 11.6 Å². The molecule has 2 aromatic rings. The van der Waals surface area contributed by atoms with Gasteiger partial charge in [0, 0.05) is 11.9 Å². The smallest absolute Gasteiger partial charge is 0.406 e. The fourth-order valence-electron chi connectivity index (χ4n) is 1.95. The van der Waals surface area contributed by atoms with E-state index in [1.54, 1.807) is 12.1 Å². The Morgan fingerprint density at radius 3 is 2.37 bits per heavy atom. The van der Waals surface area contributed by atoms with Crippen molar-refractivity contribution in [3.8, 4) is 5.75 Å². The Morgan fingerprint density at radius 1 is 1.22 bits per heavy atom. The molecule has 1 N–H and O–H groups in total. The zero-order valence-electron chi connectivity index (χ0n) is 13.8. The van der Waals surface area contributed by atoms with Crippen molar-refractivity contribution in [1.82, 2.24) is 9.62 Å². The molecule has 0 spiro atoms. The second-order valence-electron chi connectivity index (χ2n) is 5.30. The van der Waals surface area contributed by atoms with Gasteiger partial charge in [-0.3, -0.25) is 4.79 Å². The second kappa shape index (κ2) is 8.46. The minimum absolute atomic E-state index is 0.265. The van der Waals surface area contributed by atoms with Crippen LogP contribution in [-0.4, -0.2) is 39.2 Å². The molecule has 12 heteroatoms. The van der Waals surface area contributed by atoms with Gasteiger partial charge in [-0.15, -0.1) is 24.5 Å². The lowest BCUT2D eigenvalue weighted by atomic mass is 10.3. The average Bonchev–Trinajstić information content (AvgIpc) is 2.96. The molecule has 0 saturated heterocycles. The van der Waals surface area contributed by atoms with Crippen molar-refractivity contribution in [2.75, 3.05) is 13.6 Å². The lowest BCUT2D eigenvalue weighted by Gasteiger charge is -2.16. The number of carbonyl (C=O) groups excluding carboxylic acids is 1. The third-order valence-electron chi connectivity index (χ3n) is 3.23.